The molecule has 0 aliphatic carbocycles. The number of nitrogens with zero attached hydrogens (tertiary/aromatic N) is 2. The Kier molecular flexibility index (Phi) is 3.25. The molecule has 0 radical (unpaired) electrons. The Hall–Kier alpha value is -1.58. The monoisotopic (exact) mass is 179 g/mol. The van der Waals surface area contributed by atoms with Crippen LogP contribution in [-0.4, -0.2) is 25.0 Å². The van der Waals surface area contributed by atoms with E-state index in [2.05, 4.69) is 9.98 Å². The molecule has 0 saturated heterocycles. The average molecular weight is 179 g/mol. The van der Waals surface area contributed by atoms with Crippen LogP contribution in [0.5, 0.6) is 5.88 Å². The lowest BCUT2D eigenvalue weighted by Crippen LogP contribution is -2.14. The number of pyridine rings is 1. The highest BCUT2D eigenvalue weighted by molar-refractivity contribution is 5.82. The van der Waals surface area contributed by atoms with Gasteiger partial charge in [-0.1, -0.05) is 6.07 Å². The van der Waals surface area contributed by atoms with E-state index in [1.54, 1.807) is 26.4 Å². The third-order valence-electron chi connectivity index (χ3n) is 1.68. The Balaban J connectivity index is 2.69. The number of methoxy groups -OCH3 is 1. The second-order valence-corrected chi connectivity index (χ2v) is 2.60. The van der Waals surface area contributed by atoms with E-state index in [0.717, 1.165) is 5.56 Å². The fourth-order valence-corrected chi connectivity index (χ4v) is 0.924. The van der Waals surface area contributed by atoms with Crippen LogP contribution in [0, 0.1) is 0 Å². The number of nitrogens with two attached hydrogens (primary N) is 1. The summed E-state index contributed by atoms with van der Waals surface area (Å²) in [7, 11) is 3.26. The summed E-state index contributed by atoms with van der Waals surface area (Å²) < 4.78 is 4.93. The second-order valence-electron chi connectivity index (χ2n) is 2.60. The zero-order chi connectivity index (χ0) is 9.68. The maximum absolute atomic E-state index is 5.57. The molecule has 1 rings (SSSR count). The fraction of sp³-hybridized carbons (Fsp3) is 0.333. The SMILES string of the molecule is CN=C(N)Cc1ccc(OC)nc1. The maximum Gasteiger partial charge on any atom is 0.212 e. The smallest absolute Gasteiger partial charge is 0.212 e. The third kappa shape index (κ3) is 2.74. The van der Waals surface area contributed by atoms with Gasteiger partial charge in [-0.25, -0.2) is 4.98 Å². The van der Waals surface area contributed by atoms with Gasteiger partial charge in [0.25, 0.3) is 0 Å². The second kappa shape index (κ2) is 4.45. The maximum atomic E-state index is 5.57. The van der Waals surface area contributed by atoms with Crippen LogP contribution in [0.1, 0.15) is 5.56 Å². The van der Waals surface area contributed by atoms with Gasteiger partial charge in [-0.3, -0.25) is 4.99 Å². The van der Waals surface area contributed by atoms with Gasteiger partial charge in [0.2, 0.25) is 5.88 Å². The van der Waals surface area contributed by atoms with Crippen molar-refractivity contribution < 1.29 is 4.74 Å². The van der Waals surface area contributed by atoms with Crippen LogP contribution < -0.4 is 10.5 Å². The van der Waals surface area contributed by atoms with Gasteiger partial charge in [-0.15, -0.1) is 0 Å². The minimum atomic E-state index is 0.604. The Morgan fingerprint density at radius 3 is 2.85 bits per heavy atom. The van der Waals surface area contributed by atoms with Crippen molar-refractivity contribution >= 4 is 5.84 Å². The first-order valence-electron chi connectivity index (χ1n) is 3.96. The molecule has 4 nitrogen and oxygen atoms in total. The molecule has 1 aromatic heterocycles. The van der Waals surface area contributed by atoms with Crippen molar-refractivity contribution in [3.63, 3.8) is 0 Å². The molecule has 0 saturated carbocycles. The summed E-state index contributed by atoms with van der Waals surface area (Å²) in [4.78, 5) is 7.91. The number of hydrogen-bond acceptors (Lipinski definition) is 3. The molecule has 13 heavy (non-hydrogen) atoms. The largest absolute Gasteiger partial charge is 0.481 e. The summed E-state index contributed by atoms with van der Waals surface area (Å²) in [6.45, 7) is 0. The molecule has 70 valence electrons. The summed E-state index contributed by atoms with van der Waals surface area (Å²) in [5.41, 5.74) is 6.60. The van der Waals surface area contributed by atoms with E-state index >= 15 is 0 Å². The summed E-state index contributed by atoms with van der Waals surface area (Å²) in [6, 6.07) is 3.72. The Labute approximate surface area is 77.5 Å². The minimum Gasteiger partial charge on any atom is -0.481 e. The molecule has 1 aromatic rings. The van der Waals surface area contributed by atoms with E-state index in [1.165, 1.54) is 0 Å². The van der Waals surface area contributed by atoms with Crippen LogP contribution in [-0.2, 0) is 6.42 Å². The van der Waals surface area contributed by atoms with Crippen LogP contribution in [0.2, 0.25) is 0 Å². The first-order chi connectivity index (χ1) is 6.26. The summed E-state index contributed by atoms with van der Waals surface area (Å²) in [5.74, 6) is 1.21. The van der Waals surface area contributed by atoms with E-state index in [-0.39, 0.29) is 0 Å². The van der Waals surface area contributed by atoms with E-state index < -0.39 is 0 Å². The first kappa shape index (κ1) is 9.51. The Morgan fingerprint density at radius 2 is 2.38 bits per heavy atom. The summed E-state index contributed by atoms with van der Waals surface area (Å²) in [5, 5.41) is 0. The molecular formula is C9H13N3O. The molecule has 0 fully saturated rings. The van der Waals surface area contributed by atoms with E-state index in [0.29, 0.717) is 18.1 Å². The van der Waals surface area contributed by atoms with Crippen molar-refractivity contribution in [2.45, 2.75) is 6.42 Å². The van der Waals surface area contributed by atoms with Gasteiger partial charge in [0, 0.05) is 25.7 Å². The number of rotatable bonds is 3. The lowest BCUT2D eigenvalue weighted by Gasteiger charge is -2.01. The van der Waals surface area contributed by atoms with Gasteiger partial charge >= 0.3 is 0 Å². The predicted octanol–water partition coefficient (Wildman–Crippen LogP) is 0.620. The number of aromatic nitrogens is 1. The van der Waals surface area contributed by atoms with Gasteiger partial charge in [0.15, 0.2) is 0 Å². The Morgan fingerprint density at radius 1 is 1.62 bits per heavy atom. The molecule has 4 heteroatoms. The molecule has 0 aromatic carbocycles. The summed E-state index contributed by atoms with van der Waals surface area (Å²) in [6.07, 6.45) is 2.37. The normalized spacial score (nSPS) is 11.4. The minimum absolute atomic E-state index is 0.604. The molecule has 0 bridgehead atoms. The van der Waals surface area contributed by atoms with E-state index in [9.17, 15) is 0 Å². The van der Waals surface area contributed by atoms with Gasteiger partial charge in [0.05, 0.1) is 12.9 Å². The zero-order valence-corrected chi connectivity index (χ0v) is 7.82. The number of amidine groups is 1. The predicted molar refractivity (Wildman–Crippen MR) is 52.0 cm³/mol. The van der Waals surface area contributed by atoms with Crippen LogP contribution >= 0.6 is 0 Å². The molecular weight excluding hydrogens is 166 g/mol. The molecule has 0 aliphatic heterocycles. The van der Waals surface area contributed by atoms with Crippen LogP contribution in [0.3, 0.4) is 0 Å². The van der Waals surface area contributed by atoms with Gasteiger partial charge in [-0.2, -0.15) is 0 Å². The number of hydrogen-bond donors (Lipinski definition) is 1. The third-order valence-corrected chi connectivity index (χ3v) is 1.68. The average Bonchev–Trinajstić information content (AvgIpc) is 2.19. The van der Waals surface area contributed by atoms with Crippen molar-refractivity contribution in [3.8, 4) is 5.88 Å². The van der Waals surface area contributed by atoms with Crippen molar-refractivity contribution in [1.29, 1.82) is 0 Å². The molecule has 1 heterocycles. The van der Waals surface area contributed by atoms with E-state index in [4.69, 9.17) is 10.5 Å². The van der Waals surface area contributed by atoms with Gasteiger partial charge in [0.1, 0.15) is 0 Å². The lowest BCUT2D eigenvalue weighted by atomic mass is 10.2. The van der Waals surface area contributed by atoms with Crippen LogP contribution in [0.15, 0.2) is 23.3 Å². The fourth-order valence-electron chi connectivity index (χ4n) is 0.924. The zero-order valence-electron chi connectivity index (χ0n) is 7.82. The highest BCUT2D eigenvalue weighted by Gasteiger charge is 1.97. The van der Waals surface area contributed by atoms with Gasteiger partial charge < -0.3 is 10.5 Å². The molecule has 0 amide bonds. The molecule has 0 aliphatic rings. The van der Waals surface area contributed by atoms with Crippen molar-refractivity contribution in [1.82, 2.24) is 4.98 Å². The van der Waals surface area contributed by atoms with E-state index in [1.807, 2.05) is 6.07 Å². The molecule has 0 unspecified atom stereocenters. The highest BCUT2D eigenvalue weighted by Crippen LogP contribution is 2.06. The van der Waals surface area contributed by atoms with Crippen molar-refractivity contribution in [2.24, 2.45) is 10.7 Å². The molecule has 0 atom stereocenters. The highest BCUT2D eigenvalue weighted by atomic mass is 16.5. The van der Waals surface area contributed by atoms with Crippen LogP contribution in [0.4, 0.5) is 0 Å². The quantitative estimate of drug-likeness (QED) is 0.546. The number of ether oxygens (including phenoxy) is 1. The van der Waals surface area contributed by atoms with Crippen LogP contribution in [0.25, 0.3) is 0 Å². The standard InChI is InChI=1S/C9H13N3O/c1-11-8(10)5-7-3-4-9(13-2)12-6-7/h3-4,6H,5H2,1-2H3,(H2,10,11). The first-order valence-corrected chi connectivity index (χ1v) is 3.96. The van der Waals surface area contributed by atoms with Gasteiger partial charge in [-0.05, 0) is 5.56 Å². The topological polar surface area (TPSA) is 60.5 Å². The summed E-state index contributed by atoms with van der Waals surface area (Å²) >= 11 is 0. The number of aliphatic imine (C=N–C) groups is 1. The Bertz CT molecular complexity index is 292. The lowest BCUT2D eigenvalue weighted by molar-refractivity contribution is 0.397. The molecule has 0 spiro atoms. The van der Waals surface area contributed by atoms with Crippen molar-refractivity contribution in [2.75, 3.05) is 14.2 Å². The van der Waals surface area contributed by atoms with Crippen molar-refractivity contribution in [3.05, 3.63) is 23.9 Å². The molecule has 2 N–H and O–H groups in total.